The van der Waals surface area contributed by atoms with E-state index < -0.39 is 0 Å². The first-order valence-electron chi connectivity index (χ1n) is 10.7. The van der Waals surface area contributed by atoms with E-state index in [0.29, 0.717) is 0 Å². The first-order chi connectivity index (χ1) is 15.3. The Hall–Kier alpha value is -3.78. The predicted molar refractivity (Wildman–Crippen MR) is 132 cm³/mol. The van der Waals surface area contributed by atoms with Crippen molar-refractivity contribution in [3.8, 4) is 0 Å². The Morgan fingerprint density at radius 1 is 0.406 bits per heavy atom. The molecule has 0 bridgehead atoms. The van der Waals surface area contributed by atoms with Crippen LogP contribution in [0.3, 0.4) is 0 Å². The third kappa shape index (κ3) is 6.12. The molecule has 0 saturated heterocycles. The Bertz CT molecular complexity index is 1150. The summed E-state index contributed by atoms with van der Waals surface area (Å²) < 4.78 is 0. The highest BCUT2D eigenvalue weighted by Crippen LogP contribution is 2.13. The van der Waals surface area contributed by atoms with Crippen molar-refractivity contribution in [1.29, 1.82) is 0 Å². The van der Waals surface area contributed by atoms with Gasteiger partial charge in [0.2, 0.25) is 0 Å². The Kier molecular flexibility index (Phi) is 7.51. The van der Waals surface area contributed by atoms with E-state index in [9.17, 15) is 9.59 Å². The molecular weight excluding hydrogens is 392 g/mol. The van der Waals surface area contributed by atoms with Gasteiger partial charge in [0.1, 0.15) is 0 Å². The fourth-order valence-corrected chi connectivity index (χ4v) is 3.23. The van der Waals surface area contributed by atoms with Crippen LogP contribution in [0.25, 0.3) is 0 Å². The van der Waals surface area contributed by atoms with Crippen molar-refractivity contribution in [1.82, 2.24) is 0 Å². The minimum atomic E-state index is 0.0833. The second kappa shape index (κ2) is 10.5. The molecule has 4 aromatic carbocycles. The van der Waals surface area contributed by atoms with Gasteiger partial charge in [0.05, 0.1) is 0 Å². The highest BCUT2D eigenvalue weighted by molar-refractivity contribution is 6.09. The zero-order valence-corrected chi connectivity index (χ0v) is 19.1. The molecule has 2 nitrogen and oxygen atoms in total. The second-order valence-corrected chi connectivity index (χ2v) is 8.13. The van der Waals surface area contributed by atoms with E-state index in [1.54, 1.807) is 0 Å². The van der Waals surface area contributed by atoms with E-state index >= 15 is 0 Å². The summed E-state index contributed by atoms with van der Waals surface area (Å²) in [5.41, 5.74) is 7.60. The van der Waals surface area contributed by atoms with Crippen LogP contribution in [-0.2, 0) is 0 Å². The van der Waals surface area contributed by atoms with Gasteiger partial charge in [-0.25, -0.2) is 0 Å². The molecule has 0 unspecified atom stereocenters. The lowest BCUT2D eigenvalue weighted by molar-refractivity contribution is 0.103. The lowest BCUT2D eigenvalue weighted by Crippen LogP contribution is -2.01. The largest absolute Gasteiger partial charge is 0.289 e. The van der Waals surface area contributed by atoms with Gasteiger partial charge in [-0.05, 0) is 33.8 Å². The Balaban J connectivity index is 0.000000181. The van der Waals surface area contributed by atoms with Crippen LogP contribution < -0.4 is 0 Å². The monoisotopic (exact) mass is 420 g/mol. The number of benzene rings is 4. The molecule has 32 heavy (non-hydrogen) atoms. The highest BCUT2D eigenvalue weighted by Gasteiger charge is 2.08. The molecule has 0 aliphatic heterocycles. The standard InChI is InChI=1S/2C15H14O/c1-11-3-7-13(8-4-11)15(16)14-9-5-12(2)6-10-14;1-11-6-8-13(9-7-11)15(16)14-5-3-4-12(2)10-14/h2*3-10H,1-2H3. The summed E-state index contributed by atoms with van der Waals surface area (Å²) >= 11 is 0. The van der Waals surface area contributed by atoms with Crippen LogP contribution in [-0.4, -0.2) is 11.6 Å². The molecule has 0 N–H and O–H groups in total. The molecule has 0 aliphatic carbocycles. The van der Waals surface area contributed by atoms with Gasteiger partial charge in [-0.3, -0.25) is 9.59 Å². The van der Waals surface area contributed by atoms with Crippen LogP contribution in [0.5, 0.6) is 0 Å². The van der Waals surface area contributed by atoms with E-state index in [2.05, 4.69) is 0 Å². The number of hydrogen-bond donors (Lipinski definition) is 0. The molecule has 2 heteroatoms. The maximum absolute atomic E-state index is 12.1. The summed E-state index contributed by atoms with van der Waals surface area (Å²) in [6, 6.07) is 30.7. The van der Waals surface area contributed by atoms with Crippen molar-refractivity contribution in [2.45, 2.75) is 27.7 Å². The van der Waals surface area contributed by atoms with Crippen molar-refractivity contribution < 1.29 is 9.59 Å². The van der Waals surface area contributed by atoms with Gasteiger partial charge in [0.15, 0.2) is 11.6 Å². The number of carbonyl (C=O) groups excluding carboxylic acids is 2. The molecule has 4 aromatic rings. The summed E-state index contributed by atoms with van der Waals surface area (Å²) in [7, 11) is 0. The van der Waals surface area contributed by atoms with Gasteiger partial charge in [-0.1, -0.05) is 113 Å². The summed E-state index contributed by atoms with van der Waals surface area (Å²) in [4.78, 5) is 24.2. The lowest BCUT2D eigenvalue weighted by atomic mass is 10.0. The molecule has 0 amide bonds. The van der Waals surface area contributed by atoms with Gasteiger partial charge < -0.3 is 0 Å². The van der Waals surface area contributed by atoms with Gasteiger partial charge in [0.25, 0.3) is 0 Å². The minimum absolute atomic E-state index is 0.0833. The van der Waals surface area contributed by atoms with Gasteiger partial charge in [-0.2, -0.15) is 0 Å². The molecule has 0 saturated carbocycles. The SMILES string of the molecule is Cc1ccc(C(=O)c2ccc(C)cc2)cc1.Cc1ccc(C(=O)c2cccc(C)c2)cc1. The summed E-state index contributed by atoms with van der Waals surface area (Å²) in [5, 5.41) is 0. The van der Waals surface area contributed by atoms with Crippen molar-refractivity contribution >= 4 is 11.6 Å². The molecule has 0 spiro atoms. The van der Waals surface area contributed by atoms with Crippen LogP contribution in [0.2, 0.25) is 0 Å². The van der Waals surface area contributed by atoms with E-state index in [4.69, 9.17) is 0 Å². The van der Waals surface area contributed by atoms with Gasteiger partial charge in [-0.15, -0.1) is 0 Å². The average molecular weight is 421 g/mol. The van der Waals surface area contributed by atoms with Crippen LogP contribution in [0, 0.1) is 27.7 Å². The smallest absolute Gasteiger partial charge is 0.193 e. The highest BCUT2D eigenvalue weighted by atomic mass is 16.1. The summed E-state index contributed by atoms with van der Waals surface area (Å²) in [5.74, 6) is 0.170. The van der Waals surface area contributed by atoms with Crippen LogP contribution in [0.4, 0.5) is 0 Å². The molecule has 160 valence electrons. The molecule has 0 heterocycles. The van der Waals surface area contributed by atoms with Crippen molar-refractivity contribution in [3.05, 3.63) is 142 Å². The molecular formula is C30H28O2. The molecule has 0 atom stereocenters. The Morgan fingerprint density at radius 3 is 1.09 bits per heavy atom. The normalized spacial score (nSPS) is 10.1. The molecule has 0 aromatic heterocycles. The average Bonchev–Trinajstić information content (AvgIpc) is 2.80. The first-order valence-corrected chi connectivity index (χ1v) is 10.7. The van der Waals surface area contributed by atoms with Gasteiger partial charge >= 0.3 is 0 Å². The fourth-order valence-electron chi connectivity index (χ4n) is 3.23. The van der Waals surface area contributed by atoms with Crippen molar-refractivity contribution in [2.75, 3.05) is 0 Å². The third-order valence-corrected chi connectivity index (χ3v) is 5.22. The van der Waals surface area contributed by atoms with Crippen molar-refractivity contribution in [3.63, 3.8) is 0 Å². The number of aryl methyl sites for hydroxylation is 4. The summed E-state index contributed by atoms with van der Waals surface area (Å²) in [6.45, 7) is 8.03. The maximum atomic E-state index is 12.1. The predicted octanol–water partition coefficient (Wildman–Crippen LogP) is 7.07. The summed E-state index contributed by atoms with van der Waals surface area (Å²) in [6.07, 6.45) is 0. The van der Waals surface area contributed by atoms with E-state index in [-0.39, 0.29) is 11.6 Å². The van der Waals surface area contributed by atoms with Gasteiger partial charge in [0, 0.05) is 22.3 Å². The minimum Gasteiger partial charge on any atom is -0.289 e. The maximum Gasteiger partial charge on any atom is 0.193 e. The van der Waals surface area contributed by atoms with E-state index in [0.717, 1.165) is 27.8 Å². The van der Waals surface area contributed by atoms with Crippen molar-refractivity contribution in [2.24, 2.45) is 0 Å². The lowest BCUT2D eigenvalue weighted by Gasteiger charge is -2.02. The van der Waals surface area contributed by atoms with Crippen LogP contribution >= 0.6 is 0 Å². The topological polar surface area (TPSA) is 34.1 Å². The molecule has 4 rings (SSSR count). The second-order valence-electron chi connectivity index (χ2n) is 8.13. The zero-order chi connectivity index (χ0) is 23.1. The zero-order valence-electron chi connectivity index (χ0n) is 19.1. The fraction of sp³-hybridized carbons (Fsp3) is 0.133. The van der Waals surface area contributed by atoms with E-state index in [1.165, 1.54) is 16.7 Å². The quantitative estimate of drug-likeness (QED) is 0.331. The van der Waals surface area contributed by atoms with Crippen LogP contribution in [0.1, 0.15) is 54.1 Å². The van der Waals surface area contributed by atoms with E-state index in [1.807, 2.05) is 125 Å². The van der Waals surface area contributed by atoms with Crippen LogP contribution in [0.15, 0.2) is 97.1 Å². The Morgan fingerprint density at radius 2 is 0.750 bits per heavy atom. The first kappa shape index (κ1) is 22.9. The number of carbonyl (C=O) groups is 2. The molecule has 0 aliphatic rings. The third-order valence-electron chi connectivity index (χ3n) is 5.22. The number of ketones is 2. The number of hydrogen-bond acceptors (Lipinski definition) is 2. The molecule has 0 fully saturated rings. The molecule has 0 radical (unpaired) electrons. The Labute approximate surface area is 190 Å². The number of rotatable bonds is 4.